The van der Waals surface area contributed by atoms with Crippen LogP contribution >= 0.6 is 11.8 Å². The van der Waals surface area contributed by atoms with Crippen LogP contribution < -0.4 is 0 Å². The van der Waals surface area contributed by atoms with Gasteiger partial charge >= 0.3 is 0 Å². The highest BCUT2D eigenvalue weighted by Gasteiger charge is 2.13. The van der Waals surface area contributed by atoms with Crippen molar-refractivity contribution >= 4 is 28.4 Å². The van der Waals surface area contributed by atoms with E-state index in [-0.39, 0.29) is 0 Å². The first-order chi connectivity index (χ1) is 10.8. The lowest BCUT2D eigenvalue weighted by molar-refractivity contribution is 1.02. The van der Waals surface area contributed by atoms with Crippen LogP contribution in [0.4, 0.5) is 0 Å². The number of rotatable bonds is 3. The molecule has 0 saturated heterocycles. The number of hydrogen-bond acceptors (Lipinski definition) is 4. The highest BCUT2D eigenvalue weighted by Crippen LogP contribution is 2.27. The number of aryl methyl sites for hydroxylation is 1. The minimum Gasteiger partial charge on any atom is -0.275 e. The minimum absolute atomic E-state index is 0.831. The van der Waals surface area contributed by atoms with Crippen molar-refractivity contribution in [1.82, 2.24) is 19.6 Å². The molecule has 0 fully saturated rings. The molecule has 0 aliphatic carbocycles. The lowest BCUT2D eigenvalue weighted by atomic mass is 10.2. The Labute approximate surface area is 132 Å². The topological polar surface area (TPSA) is 43.1 Å². The number of benzene rings is 2. The molecule has 0 amide bonds. The van der Waals surface area contributed by atoms with Gasteiger partial charge in [0.15, 0.2) is 5.65 Å². The summed E-state index contributed by atoms with van der Waals surface area (Å²) in [5, 5.41) is 9.45. The van der Waals surface area contributed by atoms with Gasteiger partial charge < -0.3 is 0 Å². The second-order valence-electron chi connectivity index (χ2n) is 5.09. The van der Waals surface area contributed by atoms with Crippen LogP contribution in [0.3, 0.4) is 0 Å². The van der Waals surface area contributed by atoms with Crippen molar-refractivity contribution in [3.05, 3.63) is 66.0 Å². The minimum atomic E-state index is 0.831. The van der Waals surface area contributed by atoms with E-state index < -0.39 is 0 Å². The summed E-state index contributed by atoms with van der Waals surface area (Å²) in [5.41, 5.74) is 4.12. The van der Waals surface area contributed by atoms with Gasteiger partial charge in [-0.1, -0.05) is 54.2 Å². The Morgan fingerprint density at radius 1 is 0.955 bits per heavy atom. The molecule has 0 aliphatic heterocycles. The Hall–Kier alpha value is -2.40. The standard InChI is InChI=1S/C17H14N4S/c1-12-19-20-16-17(22-11-13-7-3-2-4-8-13)18-14-9-5-6-10-15(14)21(12)16/h2-10H,11H2,1H3. The summed E-state index contributed by atoms with van der Waals surface area (Å²) in [7, 11) is 0. The van der Waals surface area contributed by atoms with E-state index in [0.29, 0.717) is 0 Å². The Morgan fingerprint density at radius 3 is 2.59 bits per heavy atom. The molecule has 4 nitrogen and oxygen atoms in total. The average molecular weight is 306 g/mol. The van der Waals surface area contributed by atoms with E-state index in [4.69, 9.17) is 4.98 Å². The first-order valence-electron chi connectivity index (χ1n) is 7.10. The molecule has 22 heavy (non-hydrogen) atoms. The lowest BCUT2D eigenvalue weighted by Gasteiger charge is -2.07. The Bertz CT molecular complexity index is 947. The Kier molecular flexibility index (Phi) is 3.27. The average Bonchev–Trinajstić information content (AvgIpc) is 2.96. The van der Waals surface area contributed by atoms with Gasteiger partial charge in [-0.3, -0.25) is 4.40 Å². The molecule has 4 aromatic rings. The number of hydrogen-bond donors (Lipinski definition) is 0. The van der Waals surface area contributed by atoms with Gasteiger partial charge in [-0.05, 0) is 24.6 Å². The fourth-order valence-electron chi connectivity index (χ4n) is 2.52. The van der Waals surface area contributed by atoms with E-state index in [2.05, 4.69) is 44.9 Å². The maximum Gasteiger partial charge on any atom is 0.193 e. The van der Waals surface area contributed by atoms with Crippen molar-refractivity contribution in [3.63, 3.8) is 0 Å². The smallest absolute Gasteiger partial charge is 0.193 e. The molecule has 0 radical (unpaired) electrons. The van der Waals surface area contributed by atoms with Crippen molar-refractivity contribution in [2.45, 2.75) is 17.7 Å². The van der Waals surface area contributed by atoms with Crippen molar-refractivity contribution in [2.24, 2.45) is 0 Å². The number of para-hydroxylation sites is 2. The van der Waals surface area contributed by atoms with Crippen LogP contribution in [0.15, 0.2) is 59.6 Å². The third kappa shape index (κ3) is 2.23. The molecule has 2 aromatic heterocycles. The normalized spacial score (nSPS) is 11.3. The van der Waals surface area contributed by atoms with Crippen molar-refractivity contribution in [1.29, 1.82) is 0 Å². The monoisotopic (exact) mass is 306 g/mol. The van der Waals surface area contributed by atoms with E-state index in [1.807, 2.05) is 31.2 Å². The van der Waals surface area contributed by atoms with Crippen molar-refractivity contribution in [3.8, 4) is 0 Å². The highest BCUT2D eigenvalue weighted by atomic mass is 32.2. The Balaban J connectivity index is 1.82. The molecule has 4 rings (SSSR count). The van der Waals surface area contributed by atoms with Gasteiger partial charge in [0.1, 0.15) is 10.9 Å². The van der Waals surface area contributed by atoms with Crippen molar-refractivity contribution < 1.29 is 0 Å². The van der Waals surface area contributed by atoms with Gasteiger partial charge in [0.2, 0.25) is 0 Å². The molecular weight excluding hydrogens is 292 g/mol. The maximum atomic E-state index is 4.77. The fraction of sp³-hybridized carbons (Fsp3) is 0.118. The molecule has 108 valence electrons. The molecule has 0 N–H and O–H groups in total. The van der Waals surface area contributed by atoms with Gasteiger partial charge in [-0.2, -0.15) is 0 Å². The second kappa shape index (κ2) is 5.42. The third-order valence-corrected chi connectivity index (χ3v) is 4.60. The van der Waals surface area contributed by atoms with Crippen LogP contribution in [0.5, 0.6) is 0 Å². The zero-order valence-corrected chi connectivity index (χ0v) is 12.9. The largest absolute Gasteiger partial charge is 0.275 e. The van der Waals surface area contributed by atoms with Crippen LogP contribution in [0.25, 0.3) is 16.7 Å². The van der Waals surface area contributed by atoms with E-state index in [9.17, 15) is 0 Å². The van der Waals surface area contributed by atoms with Gasteiger partial charge in [0.25, 0.3) is 0 Å². The van der Waals surface area contributed by atoms with E-state index in [1.54, 1.807) is 11.8 Å². The summed E-state index contributed by atoms with van der Waals surface area (Å²) < 4.78 is 2.08. The van der Waals surface area contributed by atoms with Crippen LogP contribution in [0.2, 0.25) is 0 Å². The number of fused-ring (bicyclic) bond motifs is 3. The molecule has 2 aromatic carbocycles. The predicted molar refractivity (Wildman–Crippen MR) is 89.0 cm³/mol. The fourth-order valence-corrected chi connectivity index (χ4v) is 3.44. The number of thioether (sulfide) groups is 1. The van der Waals surface area contributed by atoms with Crippen LogP contribution in [-0.2, 0) is 5.75 Å². The van der Waals surface area contributed by atoms with Crippen molar-refractivity contribution in [2.75, 3.05) is 0 Å². The SMILES string of the molecule is Cc1nnc2c(SCc3ccccc3)nc3ccccc3n12. The molecule has 0 aliphatic rings. The highest BCUT2D eigenvalue weighted by molar-refractivity contribution is 7.98. The molecule has 2 heterocycles. The lowest BCUT2D eigenvalue weighted by Crippen LogP contribution is -1.96. The summed E-state index contributed by atoms with van der Waals surface area (Å²) in [6, 6.07) is 18.5. The van der Waals surface area contributed by atoms with E-state index >= 15 is 0 Å². The van der Waals surface area contributed by atoms with Crippen LogP contribution in [-0.4, -0.2) is 19.6 Å². The summed E-state index contributed by atoms with van der Waals surface area (Å²) in [4.78, 5) is 4.77. The number of nitrogens with zero attached hydrogens (tertiary/aromatic N) is 4. The zero-order valence-electron chi connectivity index (χ0n) is 12.1. The Morgan fingerprint density at radius 2 is 1.73 bits per heavy atom. The van der Waals surface area contributed by atoms with Crippen LogP contribution in [0.1, 0.15) is 11.4 Å². The van der Waals surface area contributed by atoms with E-state index in [1.165, 1.54) is 5.56 Å². The molecule has 0 spiro atoms. The summed E-state index contributed by atoms with van der Waals surface area (Å²) in [6.07, 6.45) is 0. The maximum absolute atomic E-state index is 4.77. The molecule has 5 heteroatoms. The number of aromatic nitrogens is 4. The van der Waals surface area contributed by atoms with Gasteiger partial charge in [0, 0.05) is 5.75 Å². The molecule has 0 saturated carbocycles. The zero-order chi connectivity index (χ0) is 14.9. The predicted octanol–water partition coefficient (Wildman–Crippen LogP) is 3.88. The molecular formula is C17H14N4S. The second-order valence-corrected chi connectivity index (χ2v) is 6.05. The third-order valence-electron chi connectivity index (χ3n) is 3.58. The van der Waals surface area contributed by atoms with E-state index in [0.717, 1.165) is 33.3 Å². The summed E-state index contributed by atoms with van der Waals surface area (Å²) in [5.74, 6) is 1.75. The van der Waals surface area contributed by atoms with Gasteiger partial charge in [-0.25, -0.2) is 4.98 Å². The molecule has 0 atom stereocenters. The quantitative estimate of drug-likeness (QED) is 0.539. The summed E-state index contributed by atoms with van der Waals surface area (Å²) >= 11 is 1.70. The first kappa shape index (κ1) is 13.3. The van der Waals surface area contributed by atoms with Gasteiger partial charge in [0.05, 0.1) is 11.0 Å². The van der Waals surface area contributed by atoms with Gasteiger partial charge in [-0.15, -0.1) is 10.2 Å². The van der Waals surface area contributed by atoms with Crippen LogP contribution in [0, 0.1) is 6.92 Å². The molecule has 0 unspecified atom stereocenters. The molecule has 0 bridgehead atoms. The summed E-state index contributed by atoms with van der Waals surface area (Å²) in [6.45, 7) is 1.97. The first-order valence-corrected chi connectivity index (χ1v) is 8.09.